The van der Waals surface area contributed by atoms with Crippen molar-refractivity contribution in [1.29, 1.82) is 0 Å². The molecule has 1 aromatic rings. The highest BCUT2D eigenvalue weighted by Gasteiger charge is 2.30. The molecule has 0 bridgehead atoms. The third-order valence-corrected chi connectivity index (χ3v) is 3.66. The molecule has 5 heteroatoms. The molecule has 0 saturated carbocycles. The van der Waals surface area contributed by atoms with E-state index in [9.17, 15) is 5.11 Å². The SMILES string of the molecule is CCOc1cccc(CC(C)(N)N2CCOCC2)c1O. The molecule has 0 aliphatic carbocycles. The minimum Gasteiger partial charge on any atom is -0.504 e. The molecular weight excluding hydrogens is 256 g/mol. The van der Waals surface area contributed by atoms with Gasteiger partial charge in [-0.3, -0.25) is 4.90 Å². The predicted molar refractivity (Wildman–Crippen MR) is 78.0 cm³/mol. The van der Waals surface area contributed by atoms with Gasteiger partial charge in [-0.1, -0.05) is 12.1 Å². The molecule has 0 aromatic heterocycles. The van der Waals surface area contributed by atoms with Crippen LogP contribution in [0.25, 0.3) is 0 Å². The first-order valence-electron chi connectivity index (χ1n) is 7.10. The quantitative estimate of drug-likeness (QED) is 0.852. The molecule has 1 aliphatic heterocycles. The smallest absolute Gasteiger partial charge is 0.161 e. The first kappa shape index (κ1) is 15.1. The van der Waals surface area contributed by atoms with Crippen LogP contribution >= 0.6 is 0 Å². The minimum atomic E-state index is -0.508. The zero-order chi connectivity index (χ0) is 14.6. The summed E-state index contributed by atoms with van der Waals surface area (Å²) in [5.74, 6) is 0.710. The molecule has 20 heavy (non-hydrogen) atoms. The van der Waals surface area contributed by atoms with Gasteiger partial charge >= 0.3 is 0 Å². The van der Waals surface area contributed by atoms with Crippen molar-refractivity contribution in [3.8, 4) is 11.5 Å². The fourth-order valence-corrected chi connectivity index (χ4v) is 2.55. The van der Waals surface area contributed by atoms with E-state index in [1.807, 2.05) is 26.0 Å². The van der Waals surface area contributed by atoms with Crippen molar-refractivity contribution in [3.63, 3.8) is 0 Å². The number of ether oxygens (including phenoxy) is 2. The van der Waals surface area contributed by atoms with Gasteiger partial charge in [0.25, 0.3) is 0 Å². The Balaban J connectivity index is 2.13. The second-order valence-corrected chi connectivity index (χ2v) is 5.33. The highest BCUT2D eigenvalue weighted by Crippen LogP contribution is 2.32. The summed E-state index contributed by atoms with van der Waals surface area (Å²) in [5, 5.41) is 10.3. The topological polar surface area (TPSA) is 68.0 Å². The molecule has 1 aliphatic rings. The minimum absolute atomic E-state index is 0.194. The summed E-state index contributed by atoms with van der Waals surface area (Å²) in [5.41, 5.74) is 6.74. The lowest BCUT2D eigenvalue weighted by molar-refractivity contribution is -0.0144. The Morgan fingerprint density at radius 1 is 1.40 bits per heavy atom. The van der Waals surface area contributed by atoms with Gasteiger partial charge in [-0.05, 0) is 19.9 Å². The number of morpholine rings is 1. The second-order valence-electron chi connectivity index (χ2n) is 5.33. The highest BCUT2D eigenvalue weighted by atomic mass is 16.5. The van der Waals surface area contributed by atoms with Crippen molar-refractivity contribution >= 4 is 0 Å². The van der Waals surface area contributed by atoms with E-state index in [0.717, 1.165) is 18.7 Å². The Morgan fingerprint density at radius 2 is 2.10 bits per heavy atom. The maximum absolute atomic E-state index is 10.3. The molecular formula is C15H24N2O3. The molecule has 3 N–H and O–H groups in total. The van der Waals surface area contributed by atoms with E-state index in [1.54, 1.807) is 6.07 Å². The summed E-state index contributed by atoms with van der Waals surface area (Å²) in [4.78, 5) is 2.20. The van der Waals surface area contributed by atoms with Crippen molar-refractivity contribution in [2.75, 3.05) is 32.9 Å². The fourth-order valence-electron chi connectivity index (χ4n) is 2.55. The predicted octanol–water partition coefficient (Wildman–Crippen LogP) is 1.34. The van der Waals surface area contributed by atoms with E-state index < -0.39 is 5.66 Å². The van der Waals surface area contributed by atoms with E-state index in [2.05, 4.69) is 4.90 Å². The van der Waals surface area contributed by atoms with Crippen LogP contribution in [0.4, 0.5) is 0 Å². The van der Waals surface area contributed by atoms with E-state index in [4.69, 9.17) is 15.2 Å². The maximum atomic E-state index is 10.3. The van der Waals surface area contributed by atoms with Gasteiger partial charge < -0.3 is 20.3 Å². The van der Waals surface area contributed by atoms with E-state index in [0.29, 0.717) is 32.0 Å². The Kier molecular flexibility index (Phi) is 4.86. The standard InChI is InChI=1S/C15H24N2O3/c1-3-20-13-6-4-5-12(14(13)18)11-15(2,16)17-7-9-19-10-8-17/h4-6,18H,3,7-11,16H2,1-2H3. The highest BCUT2D eigenvalue weighted by molar-refractivity contribution is 5.46. The van der Waals surface area contributed by atoms with Gasteiger partial charge in [-0.2, -0.15) is 0 Å². The summed E-state index contributed by atoms with van der Waals surface area (Å²) < 4.78 is 10.8. The van der Waals surface area contributed by atoms with Gasteiger partial charge in [0.2, 0.25) is 0 Å². The van der Waals surface area contributed by atoms with Crippen molar-refractivity contribution in [3.05, 3.63) is 23.8 Å². The Morgan fingerprint density at radius 3 is 2.75 bits per heavy atom. The van der Waals surface area contributed by atoms with Gasteiger partial charge in [0.15, 0.2) is 11.5 Å². The van der Waals surface area contributed by atoms with Crippen LogP contribution in [0.3, 0.4) is 0 Å². The van der Waals surface area contributed by atoms with E-state index in [1.165, 1.54) is 0 Å². The fraction of sp³-hybridized carbons (Fsp3) is 0.600. The van der Waals surface area contributed by atoms with Crippen LogP contribution in [0, 0.1) is 0 Å². The van der Waals surface area contributed by atoms with Crippen molar-refractivity contribution in [2.24, 2.45) is 5.73 Å². The number of para-hydroxylation sites is 1. The van der Waals surface area contributed by atoms with E-state index >= 15 is 0 Å². The second kappa shape index (κ2) is 6.43. The molecule has 0 radical (unpaired) electrons. The molecule has 1 atom stereocenters. The number of nitrogens with two attached hydrogens (primary N) is 1. The van der Waals surface area contributed by atoms with Gasteiger partial charge in [0, 0.05) is 25.1 Å². The van der Waals surface area contributed by atoms with Crippen LogP contribution in [0.1, 0.15) is 19.4 Å². The molecule has 1 fully saturated rings. The van der Waals surface area contributed by atoms with Crippen molar-refractivity contribution in [1.82, 2.24) is 4.90 Å². The van der Waals surface area contributed by atoms with Crippen LogP contribution in [-0.4, -0.2) is 48.6 Å². The summed E-state index contributed by atoms with van der Waals surface area (Å²) in [6.07, 6.45) is 0.569. The molecule has 2 rings (SSSR count). The molecule has 112 valence electrons. The number of phenols is 1. The molecule has 5 nitrogen and oxygen atoms in total. The van der Waals surface area contributed by atoms with Crippen LogP contribution < -0.4 is 10.5 Å². The Hall–Kier alpha value is -1.30. The first-order chi connectivity index (χ1) is 9.54. The number of hydrogen-bond acceptors (Lipinski definition) is 5. The van der Waals surface area contributed by atoms with Gasteiger partial charge in [0.05, 0.1) is 25.5 Å². The number of phenolic OH excluding ortho intramolecular Hbond substituents is 1. The molecule has 1 saturated heterocycles. The number of rotatable bonds is 5. The van der Waals surface area contributed by atoms with Crippen LogP contribution in [0.5, 0.6) is 11.5 Å². The largest absolute Gasteiger partial charge is 0.504 e. The van der Waals surface area contributed by atoms with Gasteiger partial charge in [-0.25, -0.2) is 0 Å². The Bertz CT molecular complexity index is 443. The molecule has 1 aromatic carbocycles. The number of hydrogen-bond donors (Lipinski definition) is 2. The molecule has 0 amide bonds. The number of nitrogens with zero attached hydrogens (tertiary/aromatic N) is 1. The summed E-state index contributed by atoms with van der Waals surface area (Å²) >= 11 is 0. The normalized spacial score (nSPS) is 19.6. The summed E-state index contributed by atoms with van der Waals surface area (Å²) in [6, 6.07) is 5.55. The summed E-state index contributed by atoms with van der Waals surface area (Å²) in [7, 11) is 0. The van der Waals surface area contributed by atoms with Crippen LogP contribution in [0.15, 0.2) is 18.2 Å². The van der Waals surface area contributed by atoms with Gasteiger partial charge in [0.1, 0.15) is 0 Å². The monoisotopic (exact) mass is 280 g/mol. The average Bonchev–Trinajstić information content (AvgIpc) is 2.44. The maximum Gasteiger partial charge on any atom is 0.161 e. The third-order valence-electron chi connectivity index (χ3n) is 3.66. The molecule has 1 heterocycles. The number of benzene rings is 1. The molecule has 1 unspecified atom stereocenters. The van der Waals surface area contributed by atoms with Crippen LogP contribution in [-0.2, 0) is 11.2 Å². The average molecular weight is 280 g/mol. The van der Waals surface area contributed by atoms with Crippen LogP contribution in [0.2, 0.25) is 0 Å². The van der Waals surface area contributed by atoms with Crippen molar-refractivity contribution < 1.29 is 14.6 Å². The lowest BCUT2D eigenvalue weighted by Crippen LogP contribution is -2.58. The van der Waals surface area contributed by atoms with Gasteiger partial charge in [-0.15, -0.1) is 0 Å². The lowest BCUT2D eigenvalue weighted by Gasteiger charge is -2.40. The zero-order valence-electron chi connectivity index (χ0n) is 12.3. The number of aromatic hydroxyl groups is 1. The van der Waals surface area contributed by atoms with E-state index in [-0.39, 0.29) is 5.75 Å². The Labute approximate surface area is 120 Å². The first-order valence-corrected chi connectivity index (χ1v) is 7.10. The van der Waals surface area contributed by atoms with Crippen molar-refractivity contribution in [2.45, 2.75) is 25.9 Å². The molecule has 0 spiro atoms. The lowest BCUT2D eigenvalue weighted by atomic mass is 9.99. The third kappa shape index (κ3) is 3.42. The summed E-state index contributed by atoms with van der Waals surface area (Å²) in [6.45, 7) is 7.46. The zero-order valence-corrected chi connectivity index (χ0v) is 12.3.